The molecule has 0 spiro atoms. The smallest absolute Gasteiger partial charge is 0.233 e. The van der Waals surface area contributed by atoms with Crippen LogP contribution in [0, 0.1) is 0 Å². The summed E-state index contributed by atoms with van der Waals surface area (Å²) in [5.74, 6) is 1.03. The van der Waals surface area contributed by atoms with Crippen LogP contribution >= 0.6 is 11.8 Å². The third-order valence-electron chi connectivity index (χ3n) is 4.48. The minimum absolute atomic E-state index is 0.197. The molecule has 1 aliphatic heterocycles. The van der Waals surface area contributed by atoms with Crippen LogP contribution in [0.3, 0.4) is 0 Å². The highest BCUT2D eigenvalue weighted by molar-refractivity contribution is 7.99. The standard InChI is InChI=1S/C17H22N4OS/c1-2-14(13-7-4-3-5-8-13)15-9-6-10-21(15)16(22)11-23-17-18-12-19-20-17/h3-5,7-8,12,14-15H,2,6,9-11H2,1H3,(H,18,19,20)/t14-,15-/m1/s1. The number of hydrogen-bond acceptors (Lipinski definition) is 4. The first-order valence-electron chi connectivity index (χ1n) is 8.12. The summed E-state index contributed by atoms with van der Waals surface area (Å²) in [6, 6.07) is 10.9. The van der Waals surface area contributed by atoms with Crippen molar-refractivity contribution in [1.82, 2.24) is 20.1 Å². The number of aromatic amines is 1. The van der Waals surface area contributed by atoms with Crippen molar-refractivity contribution in [3.05, 3.63) is 42.2 Å². The minimum atomic E-state index is 0.197. The first-order valence-corrected chi connectivity index (χ1v) is 9.10. The van der Waals surface area contributed by atoms with Gasteiger partial charge in [-0.2, -0.15) is 5.10 Å². The second kappa shape index (κ2) is 7.64. The Bertz CT molecular complexity index is 617. The van der Waals surface area contributed by atoms with E-state index in [0.29, 0.717) is 22.9 Å². The first kappa shape index (κ1) is 16.1. The predicted molar refractivity (Wildman–Crippen MR) is 91.3 cm³/mol. The van der Waals surface area contributed by atoms with E-state index in [1.165, 1.54) is 23.7 Å². The van der Waals surface area contributed by atoms with Gasteiger partial charge in [-0.15, -0.1) is 0 Å². The van der Waals surface area contributed by atoms with Crippen molar-refractivity contribution in [2.24, 2.45) is 0 Å². The summed E-state index contributed by atoms with van der Waals surface area (Å²) >= 11 is 1.42. The summed E-state index contributed by atoms with van der Waals surface area (Å²) < 4.78 is 0. The molecule has 0 bridgehead atoms. The third kappa shape index (κ3) is 3.75. The lowest BCUT2D eigenvalue weighted by Gasteiger charge is -2.31. The Balaban J connectivity index is 1.67. The van der Waals surface area contributed by atoms with Gasteiger partial charge in [0.05, 0.1) is 5.75 Å². The molecule has 1 fully saturated rings. The summed E-state index contributed by atoms with van der Waals surface area (Å²) in [6.07, 6.45) is 4.69. The average molecular weight is 330 g/mol. The van der Waals surface area contributed by atoms with Gasteiger partial charge in [0.1, 0.15) is 6.33 Å². The number of carbonyl (C=O) groups excluding carboxylic acids is 1. The monoisotopic (exact) mass is 330 g/mol. The molecule has 3 rings (SSSR count). The molecule has 2 atom stereocenters. The Labute approximate surface area is 140 Å². The Kier molecular flexibility index (Phi) is 5.33. The molecule has 5 nitrogen and oxygen atoms in total. The van der Waals surface area contributed by atoms with Gasteiger partial charge in [-0.25, -0.2) is 4.98 Å². The summed E-state index contributed by atoms with van der Waals surface area (Å²) in [5.41, 5.74) is 1.34. The van der Waals surface area contributed by atoms with Gasteiger partial charge in [-0.1, -0.05) is 49.0 Å². The van der Waals surface area contributed by atoms with E-state index in [1.807, 2.05) is 6.07 Å². The molecule has 2 heterocycles. The number of benzene rings is 1. The molecule has 2 aromatic rings. The Hall–Kier alpha value is -1.82. The lowest BCUT2D eigenvalue weighted by molar-refractivity contribution is -0.129. The number of aromatic nitrogens is 3. The zero-order valence-electron chi connectivity index (χ0n) is 13.3. The molecule has 6 heteroatoms. The van der Waals surface area contributed by atoms with Crippen LogP contribution < -0.4 is 0 Å². The summed E-state index contributed by atoms with van der Waals surface area (Å²) in [4.78, 5) is 18.8. The minimum Gasteiger partial charge on any atom is -0.338 e. The summed E-state index contributed by atoms with van der Waals surface area (Å²) in [5, 5.41) is 7.30. The van der Waals surface area contributed by atoms with E-state index in [-0.39, 0.29) is 5.91 Å². The molecule has 1 aromatic heterocycles. The molecule has 1 aliphatic rings. The number of amides is 1. The molecule has 0 radical (unpaired) electrons. The second-order valence-electron chi connectivity index (χ2n) is 5.80. The van der Waals surface area contributed by atoms with Crippen LogP contribution in [0.4, 0.5) is 0 Å². The largest absolute Gasteiger partial charge is 0.338 e. The van der Waals surface area contributed by atoms with Crippen LogP contribution in [0.5, 0.6) is 0 Å². The molecule has 1 amide bonds. The zero-order chi connectivity index (χ0) is 16.1. The van der Waals surface area contributed by atoms with E-state index in [2.05, 4.69) is 51.3 Å². The van der Waals surface area contributed by atoms with Crippen LogP contribution in [0.25, 0.3) is 0 Å². The van der Waals surface area contributed by atoms with Crippen molar-refractivity contribution >= 4 is 17.7 Å². The zero-order valence-corrected chi connectivity index (χ0v) is 14.1. The maximum atomic E-state index is 12.6. The van der Waals surface area contributed by atoms with Crippen LogP contribution in [-0.2, 0) is 4.79 Å². The van der Waals surface area contributed by atoms with E-state index in [4.69, 9.17) is 0 Å². The quantitative estimate of drug-likeness (QED) is 0.827. The Morgan fingerprint density at radius 2 is 2.26 bits per heavy atom. The van der Waals surface area contributed by atoms with Gasteiger partial charge in [-0.3, -0.25) is 9.89 Å². The van der Waals surface area contributed by atoms with Crippen LogP contribution in [0.1, 0.15) is 37.7 Å². The van der Waals surface area contributed by atoms with E-state index in [1.54, 1.807) is 0 Å². The number of hydrogen-bond donors (Lipinski definition) is 1. The van der Waals surface area contributed by atoms with Crippen LogP contribution in [-0.4, -0.2) is 44.3 Å². The molecule has 1 aromatic carbocycles. The van der Waals surface area contributed by atoms with Crippen molar-refractivity contribution in [2.75, 3.05) is 12.3 Å². The molecular formula is C17H22N4OS. The fraction of sp³-hybridized carbons (Fsp3) is 0.471. The molecule has 0 aliphatic carbocycles. The van der Waals surface area contributed by atoms with Gasteiger partial charge in [0.15, 0.2) is 5.16 Å². The molecular weight excluding hydrogens is 308 g/mol. The number of thioether (sulfide) groups is 1. The van der Waals surface area contributed by atoms with Gasteiger partial charge in [0.2, 0.25) is 5.91 Å². The van der Waals surface area contributed by atoms with Crippen LogP contribution in [0.15, 0.2) is 41.8 Å². The summed E-state index contributed by atoms with van der Waals surface area (Å²) in [7, 11) is 0. The maximum Gasteiger partial charge on any atom is 0.233 e. The van der Waals surface area contributed by atoms with E-state index in [9.17, 15) is 4.79 Å². The van der Waals surface area contributed by atoms with Gasteiger partial charge in [0.25, 0.3) is 0 Å². The first-order chi connectivity index (χ1) is 11.3. The molecule has 122 valence electrons. The predicted octanol–water partition coefficient (Wildman–Crippen LogP) is 3.08. The topological polar surface area (TPSA) is 61.9 Å². The lowest BCUT2D eigenvalue weighted by Crippen LogP contribution is -2.40. The van der Waals surface area contributed by atoms with Crippen molar-refractivity contribution in [1.29, 1.82) is 0 Å². The van der Waals surface area contributed by atoms with Crippen molar-refractivity contribution in [2.45, 2.75) is 43.3 Å². The normalized spacial score (nSPS) is 19.0. The maximum absolute atomic E-state index is 12.6. The third-order valence-corrected chi connectivity index (χ3v) is 5.34. The molecule has 1 saturated heterocycles. The molecule has 1 N–H and O–H groups in total. The highest BCUT2D eigenvalue weighted by Gasteiger charge is 2.34. The summed E-state index contributed by atoms with van der Waals surface area (Å²) in [6.45, 7) is 3.08. The second-order valence-corrected chi connectivity index (χ2v) is 6.77. The highest BCUT2D eigenvalue weighted by Crippen LogP contribution is 2.34. The number of carbonyl (C=O) groups is 1. The van der Waals surface area contributed by atoms with E-state index >= 15 is 0 Å². The fourth-order valence-electron chi connectivity index (χ4n) is 3.43. The highest BCUT2D eigenvalue weighted by atomic mass is 32.2. The number of nitrogens with zero attached hydrogens (tertiary/aromatic N) is 3. The SMILES string of the molecule is CC[C@H](c1ccccc1)[C@H]1CCCN1C(=O)CSc1ncn[nH]1. The molecule has 0 saturated carbocycles. The van der Waals surface area contributed by atoms with Crippen molar-refractivity contribution in [3.63, 3.8) is 0 Å². The van der Waals surface area contributed by atoms with E-state index < -0.39 is 0 Å². The van der Waals surface area contributed by atoms with Crippen LogP contribution in [0.2, 0.25) is 0 Å². The van der Waals surface area contributed by atoms with Gasteiger partial charge < -0.3 is 4.90 Å². The average Bonchev–Trinajstić information content (AvgIpc) is 3.26. The number of nitrogens with one attached hydrogen (secondary N) is 1. The number of H-pyrrole nitrogens is 1. The fourth-order valence-corrected chi connectivity index (χ4v) is 4.09. The van der Waals surface area contributed by atoms with Gasteiger partial charge in [-0.05, 0) is 24.8 Å². The lowest BCUT2D eigenvalue weighted by atomic mass is 9.87. The van der Waals surface area contributed by atoms with E-state index in [0.717, 1.165) is 25.8 Å². The molecule has 23 heavy (non-hydrogen) atoms. The Morgan fingerprint density at radius 1 is 1.43 bits per heavy atom. The van der Waals surface area contributed by atoms with Gasteiger partial charge >= 0.3 is 0 Å². The van der Waals surface area contributed by atoms with Gasteiger partial charge in [0, 0.05) is 18.5 Å². The van der Waals surface area contributed by atoms with Crippen molar-refractivity contribution in [3.8, 4) is 0 Å². The Morgan fingerprint density at radius 3 is 2.96 bits per heavy atom. The molecule has 0 unspecified atom stereocenters. The van der Waals surface area contributed by atoms with Crippen molar-refractivity contribution < 1.29 is 4.79 Å². The number of rotatable bonds is 6. The number of likely N-dealkylation sites (tertiary alicyclic amines) is 1.